The van der Waals surface area contributed by atoms with Crippen LogP contribution in [0.1, 0.15) is 17.3 Å². The average Bonchev–Trinajstić information content (AvgIpc) is 3.06. The second-order valence-corrected chi connectivity index (χ2v) is 5.68. The predicted molar refractivity (Wildman–Crippen MR) is 96.7 cm³/mol. The van der Waals surface area contributed by atoms with Gasteiger partial charge in [0.1, 0.15) is 0 Å². The second kappa shape index (κ2) is 7.63. The molecule has 1 atom stereocenters. The SMILES string of the molecule is Cc1ccnn1-c1cccc(NC(=O)N[C@H](CO)c2ccccc2)c1. The van der Waals surface area contributed by atoms with E-state index in [0.29, 0.717) is 5.69 Å². The smallest absolute Gasteiger partial charge is 0.319 e. The van der Waals surface area contributed by atoms with Crippen molar-refractivity contribution in [3.63, 3.8) is 0 Å². The first-order valence-electron chi connectivity index (χ1n) is 8.02. The van der Waals surface area contributed by atoms with Gasteiger partial charge in [-0.25, -0.2) is 9.48 Å². The Morgan fingerprint density at radius 3 is 2.64 bits per heavy atom. The number of urea groups is 1. The lowest BCUT2D eigenvalue weighted by Gasteiger charge is -2.17. The quantitative estimate of drug-likeness (QED) is 0.670. The van der Waals surface area contributed by atoms with Crippen molar-refractivity contribution >= 4 is 11.7 Å². The van der Waals surface area contributed by atoms with Gasteiger partial charge in [-0.2, -0.15) is 5.10 Å². The highest BCUT2D eigenvalue weighted by molar-refractivity contribution is 5.89. The molecule has 2 aromatic carbocycles. The van der Waals surface area contributed by atoms with Crippen molar-refractivity contribution in [3.05, 3.63) is 78.1 Å². The first-order valence-corrected chi connectivity index (χ1v) is 8.02. The predicted octanol–water partition coefficient (Wildman–Crippen LogP) is 3.04. The first kappa shape index (κ1) is 16.7. The van der Waals surface area contributed by atoms with E-state index >= 15 is 0 Å². The molecule has 0 saturated heterocycles. The normalized spacial score (nSPS) is 11.8. The number of aliphatic hydroxyl groups excluding tert-OH is 1. The van der Waals surface area contributed by atoms with Gasteiger partial charge >= 0.3 is 6.03 Å². The summed E-state index contributed by atoms with van der Waals surface area (Å²) in [6.45, 7) is 1.79. The summed E-state index contributed by atoms with van der Waals surface area (Å²) in [4.78, 5) is 12.3. The summed E-state index contributed by atoms with van der Waals surface area (Å²) in [6, 6.07) is 17.9. The Morgan fingerprint density at radius 2 is 1.96 bits per heavy atom. The third-order valence-corrected chi connectivity index (χ3v) is 3.87. The maximum absolute atomic E-state index is 12.3. The van der Waals surface area contributed by atoms with Crippen molar-refractivity contribution in [1.82, 2.24) is 15.1 Å². The van der Waals surface area contributed by atoms with E-state index in [1.165, 1.54) is 0 Å². The molecule has 25 heavy (non-hydrogen) atoms. The standard InChI is InChI=1S/C19H20N4O2/c1-14-10-11-20-23(14)17-9-5-8-16(12-17)21-19(25)22-18(13-24)15-6-3-2-4-7-15/h2-12,18,24H,13H2,1H3,(H2,21,22,25)/t18-/m1/s1. The van der Waals surface area contributed by atoms with Crippen LogP contribution < -0.4 is 10.6 Å². The number of anilines is 1. The summed E-state index contributed by atoms with van der Waals surface area (Å²) in [5.41, 5.74) is 3.36. The van der Waals surface area contributed by atoms with Crippen molar-refractivity contribution in [1.29, 1.82) is 0 Å². The van der Waals surface area contributed by atoms with Crippen LogP contribution >= 0.6 is 0 Å². The van der Waals surface area contributed by atoms with Crippen LogP contribution in [-0.4, -0.2) is 27.5 Å². The molecule has 0 aliphatic heterocycles. The van der Waals surface area contributed by atoms with Crippen LogP contribution in [0, 0.1) is 6.92 Å². The molecule has 6 heteroatoms. The minimum absolute atomic E-state index is 0.177. The summed E-state index contributed by atoms with van der Waals surface area (Å²) < 4.78 is 1.80. The number of carbonyl (C=O) groups excluding carboxylic acids is 1. The summed E-state index contributed by atoms with van der Waals surface area (Å²) in [7, 11) is 0. The molecule has 0 saturated carbocycles. The van der Waals surface area contributed by atoms with Gasteiger partial charge in [0.15, 0.2) is 0 Å². The lowest BCUT2D eigenvalue weighted by atomic mass is 10.1. The number of amides is 2. The minimum Gasteiger partial charge on any atom is -0.394 e. The third-order valence-electron chi connectivity index (χ3n) is 3.87. The van der Waals surface area contributed by atoms with Crippen molar-refractivity contribution in [2.75, 3.05) is 11.9 Å². The van der Waals surface area contributed by atoms with Crippen LogP contribution in [0.3, 0.4) is 0 Å². The number of hydrogen-bond acceptors (Lipinski definition) is 3. The fraction of sp³-hybridized carbons (Fsp3) is 0.158. The Bertz CT molecular complexity index is 845. The zero-order valence-electron chi connectivity index (χ0n) is 13.9. The number of hydrogen-bond donors (Lipinski definition) is 3. The third kappa shape index (κ3) is 4.05. The fourth-order valence-corrected chi connectivity index (χ4v) is 2.60. The van der Waals surface area contributed by atoms with Gasteiger partial charge in [-0.05, 0) is 36.8 Å². The van der Waals surface area contributed by atoms with Gasteiger partial charge in [-0.15, -0.1) is 0 Å². The van der Waals surface area contributed by atoms with Gasteiger partial charge in [0.2, 0.25) is 0 Å². The molecule has 3 N–H and O–H groups in total. The maximum atomic E-state index is 12.3. The Balaban J connectivity index is 1.70. The zero-order chi connectivity index (χ0) is 17.6. The van der Waals surface area contributed by atoms with Crippen LogP contribution in [0.4, 0.5) is 10.5 Å². The number of aromatic nitrogens is 2. The van der Waals surface area contributed by atoms with Gasteiger partial charge in [-0.3, -0.25) is 0 Å². The zero-order valence-corrected chi connectivity index (χ0v) is 13.9. The number of carbonyl (C=O) groups is 1. The summed E-state index contributed by atoms with van der Waals surface area (Å²) >= 11 is 0. The monoisotopic (exact) mass is 336 g/mol. The summed E-state index contributed by atoms with van der Waals surface area (Å²) in [6.07, 6.45) is 1.73. The lowest BCUT2D eigenvalue weighted by Crippen LogP contribution is -2.34. The Hall–Kier alpha value is -3.12. The number of aliphatic hydroxyl groups is 1. The molecule has 0 bridgehead atoms. The molecule has 0 aliphatic carbocycles. The average molecular weight is 336 g/mol. The molecule has 0 unspecified atom stereocenters. The molecule has 1 heterocycles. The number of benzene rings is 2. The van der Waals surface area contributed by atoms with Gasteiger partial charge in [0.05, 0.1) is 18.3 Å². The second-order valence-electron chi connectivity index (χ2n) is 5.68. The number of aryl methyl sites for hydroxylation is 1. The van der Waals surface area contributed by atoms with Gasteiger partial charge < -0.3 is 15.7 Å². The van der Waals surface area contributed by atoms with Gasteiger partial charge in [-0.1, -0.05) is 36.4 Å². The number of nitrogens with one attached hydrogen (secondary N) is 2. The van der Waals surface area contributed by atoms with E-state index in [1.807, 2.05) is 61.5 Å². The molecule has 0 fully saturated rings. The van der Waals surface area contributed by atoms with Crippen LogP contribution in [0.25, 0.3) is 5.69 Å². The Morgan fingerprint density at radius 1 is 1.16 bits per heavy atom. The molecule has 3 aromatic rings. The molecule has 6 nitrogen and oxygen atoms in total. The highest BCUT2D eigenvalue weighted by atomic mass is 16.3. The van der Waals surface area contributed by atoms with Gasteiger partial charge in [0, 0.05) is 17.6 Å². The van der Waals surface area contributed by atoms with E-state index in [1.54, 1.807) is 16.9 Å². The molecule has 0 aliphatic rings. The maximum Gasteiger partial charge on any atom is 0.319 e. The van der Waals surface area contributed by atoms with Gasteiger partial charge in [0.25, 0.3) is 0 Å². The molecular formula is C19H20N4O2. The Kier molecular flexibility index (Phi) is 5.11. The van der Waals surface area contributed by atoms with Crippen LogP contribution in [0.5, 0.6) is 0 Å². The van der Waals surface area contributed by atoms with Crippen LogP contribution in [0.2, 0.25) is 0 Å². The molecule has 0 spiro atoms. The highest BCUT2D eigenvalue weighted by Crippen LogP contribution is 2.16. The fourth-order valence-electron chi connectivity index (χ4n) is 2.60. The summed E-state index contributed by atoms with van der Waals surface area (Å²) in [5, 5.41) is 19.4. The largest absolute Gasteiger partial charge is 0.394 e. The molecular weight excluding hydrogens is 316 g/mol. The van der Waals surface area contributed by atoms with Crippen molar-refractivity contribution in [3.8, 4) is 5.69 Å². The Labute approximate surface area is 146 Å². The number of nitrogens with zero attached hydrogens (tertiary/aromatic N) is 2. The highest BCUT2D eigenvalue weighted by Gasteiger charge is 2.13. The molecule has 128 valence electrons. The van der Waals surface area contributed by atoms with E-state index in [2.05, 4.69) is 15.7 Å². The van der Waals surface area contributed by atoms with Crippen molar-refractivity contribution < 1.29 is 9.90 Å². The molecule has 1 aromatic heterocycles. The molecule has 2 amide bonds. The van der Waals surface area contributed by atoms with Crippen molar-refractivity contribution in [2.45, 2.75) is 13.0 Å². The first-order chi connectivity index (χ1) is 12.2. The van der Waals surface area contributed by atoms with E-state index in [-0.39, 0.29) is 12.6 Å². The molecule has 0 radical (unpaired) electrons. The van der Waals surface area contributed by atoms with E-state index in [0.717, 1.165) is 16.9 Å². The van der Waals surface area contributed by atoms with Crippen LogP contribution in [-0.2, 0) is 0 Å². The number of rotatable bonds is 5. The van der Waals surface area contributed by atoms with E-state index in [9.17, 15) is 9.90 Å². The summed E-state index contributed by atoms with van der Waals surface area (Å²) in [5.74, 6) is 0. The molecule has 3 rings (SSSR count). The minimum atomic E-state index is -0.460. The van der Waals surface area contributed by atoms with Crippen LogP contribution in [0.15, 0.2) is 66.9 Å². The van der Waals surface area contributed by atoms with Crippen molar-refractivity contribution in [2.24, 2.45) is 0 Å². The topological polar surface area (TPSA) is 79.2 Å². The lowest BCUT2D eigenvalue weighted by molar-refractivity contribution is 0.225. The van der Waals surface area contributed by atoms with E-state index in [4.69, 9.17) is 0 Å². The van der Waals surface area contributed by atoms with E-state index < -0.39 is 6.04 Å².